The van der Waals surface area contributed by atoms with E-state index in [1.807, 2.05) is 12.1 Å². The lowest BCUT2D eigenvalue weighted by atomic mass is 10.1. The molecule has 0 unspecified atom stereocenters. The molecule has 26 heavy (non-hydrogen) atoms. The van der Waals surface area contributed by atoms with E-state index in [0.29, 0.717) is 21.7 Å². The molecule has 2 aromatic heterocycles. The fourth-order valence-corrected chi connectivity index (χ4v) is 2.57. The van der Waals surface area contributed by atoms with E-state index in [0.717, 1.165) is 11.3 Å². The molecule has 2 N–H and O–H groups in total. The number of nitrogens with zero attached hydrogens (tertiary/aromatic N) is 2. The molecule has 3 aromatic rings. The molecule has 0 radical (unpaired) electrons. The van der Waals surface area contributed by atoms with Crippen molar-refractivity contribution in [1.82, 2.24) is 15.6 Å². The summed E-state index contributed by atoms with van der Waals surface area (Å²) in [6.45, 7) is 0. The van der Waals surface area contributed by atoms with Gasteiger partial charge in [0.1, 0.15) is 0 Å². The van der Waals surface area contributed by atoms with Gasteiger partial charge < -0.3 is 13.9 Å². The smallest absolute Gasteiger partial charge is 0.307 e. The van der Waals surface area contributed by atoms with Crippen LogP contribution in [0.3, 0.4) is 0 Å². The Hall–Kier alpha value is -3.07. The minimum Gasteiger partial charge on any atom is -0.493 e. The maximum absolute atomic E-state index is 11.9. The first kappa shape index (κ1) is 17.7. The molecule has 8 nitrogen and oxygen atoms in total. The van der Waals surface area contributed by atoms with Gasteiger partial charge in [-0.3, -0.25) is 9.89 Å². The highest BCUT2D eigenvalue weighted by molar-refractivity contribution is 9.10. The average Bonchev–Trinajstić information content (AvgIpc) is 3.30. The summed E-state index contributed by atoms with van der Waals surface area (Å²) in [5.41, 5.74) is 4.65. The van der Waals surface area contributed by atoms with E-state index in [-0.39, 0.29) is 5.76 Å². The first-order valence-corrected chi connectivity index (χ1v) is 8.26. The number of aromatic nitrogens is 2. The predicted molar refractivity (Wildman–Crippen MR) is 98.6 cm³/mol. The highest BCUT2D eigenvalue weighted by Crippen LogP contribution is 2.32. The molecule has 0 aliphatic heterocycles. The number of amides is 1. The van der Waals surface area contributed by atoms with E-state index in [2.05, 4.69) is 36.7 Å². The monoisotopic (exact) mass is 418 g/mol. The molecular weight excluding hydrogens is 404 g/mol. The molecule has 9 heteroatoms. The molecule has 0 aliphatic carbocycles. The third-order valence-corrected chi connectivity index (χ3v) is 3.93. The number of carbonyl (C=O) groups is 1. The van der Waals surface area contributed by atoms with Crippen LogP contribution < -0.4 is 14.9 Å². The summed E-state index contributed by atoms with van der Waals surface area (Å²) in [5, 5.41) is 10.9. The lowest BCUT2D eigenvalue weighted by molar-refractivity contribution is 0.0926. The van der Waals surface area contributed by atoms with Crippen molar-refractivity contribution < 1.29 is 18.7 Å². The van der Waals surface area contributed by atoms with Crippen LogP contribution in [0.25, 0.3) is 11.3 Å². The fourth-order valence-electron chi connectivity index (χ4n) is 2.27. The quantitative estimate of drug-likeness (QED) is 0.472. The summed E-state index contributed by atoms with van der Waals surface area (Å²) in [6, 6.07) is 8.66. The molecule has 0 fully saturated rings. The van der Waals surface area contributed by atoms with Gasteiger partial charge in [-0.25, -0.2) is 5.43 Å². The first-order chi connectivity index (χ1) is 12.6. The number of hydrazone groups is 1. The Bertz CT molecular complexity index is 948. The number of halogens is 1. The van der Waals surface area contributed by atoms with Gasteiger partial charge in [0.15, 0.2) is 21.9 Å². The van der Waals surface area contributed by atoms with Crippen molar-refractivity contribution in [2.45, 2.75) is 0 Å². The number of hydrogen-bond donors (Lipinski definition) is 2. The lowest BCUT2D eigenvalue weighted by Crippen LogP contribution is -2.16. The van der Waals surface area contributed by atoms with Crippen LogP contribution in [0.2, 0.25) is 0 Å². The van der Waals surface area contributed by atoms with Crippen LogP contribution in [0.5, 0.6) is 11.5 Å². The highest BCUT2D eigenvalue weighted by Gasteiger charge is 2.12. The van der Waals surface area contributed by atoms with Crippen molar-refractivity contribution in [2.24, 2.45) is 5.10 Å². The van der Waals surface area contributed by atoms with Gasteiger partial charge in [0.2, 0.25) is 0 Å². The van der Waals surface area contributed by atoms with Crippen molar-refractivity contribution in [1.29, 1.82) is 0 Å². The van der Waals surface area contributed by atoms with E-state index < -0.39 is 5.91 Å². The van der Waals surface area contributed by atoms with E-state index in [1.54, 1.807) is 38.6 Å². The van der Waals surface area contributed by atoms with Crippen LogP contribution in [0.1, 0.15) is 16.1 Å². The number of aromatic amines is 1. The highest BCUT2D eigenvalue weighted by atomic mass is 79.9. The SMILES string of the molecule is COc1ccc(-c2[nH]ncc2C=NNC(=O)c2ccc(Br)o2)cc1OC. The number of hydrogen-bond acceptors (Lipinski definition) is 6. The maximum Gasteiger partial charge on any atom is 0.307 e. The third kappa shape index (κ3) is 3.77. The minimum absolute atomic E-state index is 0.154. The predicted octanol–water partition coefficient (Wildman–Crippen LogP) is 3.21. The summed E-state index contributed by atoms with van der Waals surface area (Å²) < 4.78 is 16.2. The van der Waals surface area contributed by atoms with Crippen LogP contribution >= 0.6 is 15.9 Å². The van der Waals surface area contributed by atoms with Gasteiger partial charge in [-0.05, 0) is 46.3 Å². The lowest BCUT2D eigenvalue weighted by Gasteiger charge is -2.09. The zero-order valence-corrected chi connectivity index (χ0v) is 15.5. The molecule has 0 bridgehead atoms. The molecule has 1 aromatic carbocycles. The van der Waals surface area contributed by atoms with Crippen molar-refractivity contribution in [3.8, 4) is 22.8 Å². The van der Waals surface area contributed by atoms with Gasteiger partial charge in [0.25, 0.3) is 0 Å². The second-order valence-electron chi connectivity index (χ2n) is 5.07. The molecule has 1 amide bonds. The number of carbonyl (C=O) groups excluding carboxylic acids is 1. The molecule has 3 rings (SSSR count). The normalized spacial score (nSPS) is 10.9. The summed E-state index contributed by atoms with van der Waals surface area (Å²) in [6.07, 6.45) is 3.09. The maximum atomic E-state index is 11.9. The van der Waals surface area contributed by atoms with E-state index in [9.17, 15) is 4.79 Å². The number of rotatable bonds is 6. The fraction of sp³-hybridized carbons (Fsp3) is 0.118. The van der Waals surface area contributed by atoms with E-state index in [1.165, 1.54) is 6.21 Å². The first-order valence-electron chi connectivity index (χ1n) is 7.47. The van der Waals surface area contributed by atoms with Gasteiger partial charge >= 0.3 is 5.91 Å². The van der Waals surface area contributed by atoms with Crippen molar-refractivity contribution in [3.63, 3.8) is 0 Å². The van der Waals surface area contributed by atoms with Gasteiger partial charge in [-0.1, -0.05) is 0 Å². The third-order valence-electron chi connectivity index (χ3n) is 3.51. The molecule has 0 atom stereocenters. The number of benzene rings is 1. The molecule has 134 valence electrons. The summed E-state index contributed by atoms with van der Waals surface area (Å²) in [7, 11) is 3.14. The minimum atomic E-state index is -0.455. The molecule has 0 spiro atoms. The zero-order valence-electron chi connectivity index (χ0n) is 13.9. The molecule has 2 heterocycles. The topological polar surface area (TPSA) is 102 Å². The Morgan fingerprint density at radius 1 is 1.27 bits per heavy atom. The summed E-state index contributed by atoms with van der Waals surface area (Å²) >= 11 is 3.14. The van der Waals surface area contributed by atoms with Crippen LogP contribution in [0.15, 0.2) is 50.7 Å². The van der Waals surface area contributed by atoms with Crippen LogP contribution in [0, 0.1) is 0 Å². The van der Waals surface area contributed by atoms with Gasteiger partial charge in [-0.15, -0.1) is 0 Å². The zero-order chi connectivity index (χ0) is 18.5. The number of ether oxygens (including phenoxy) is 2. The second kappa shape index (κ2) is 7.87. The molecular formula is C17H15BrN4O4. The van der Waals surface area contributed by atoms with E-state index >= 15 is 0 Å². The standard InChI is InChI=1S/C17H15BrN4O4/c1-24-12-4-3-10(7-14(12)25-2)16-11(8-19-21-16)9-20-22-17(23)13-5-6-15(18)26-13/h3-9H,1-2H3,(H,19,21)(H,22,23). The molecule has 0 saturated heterocycles. The number of methoxy groups -OCH3 is 2. The molecule has 0 aliphatic rings. The Morgan fingerprint density at radius 3 is 2.77 bits per heavy atom. The number of furan rings is 1. The van der Waals surface area contributed by atoms with Crippen LogP contribution in [-0.4, -0.2) is 36.5 Å². The Balaban J connectivity index is 1.77. The Labute approximate surface area is 157 Å². The van der Waals surface area contributed by atoms with Crippen molar-refractivity contribution in [3.05, 3.63) is 52.5 Å². The van der Waals surface area contributed by atoms with E-state index in [4.69, 9.17) is 13.9 Å². The Morgan fingerprint density at radius 2 is 2.08 bits per heavy atom. The summed E-state index contributed by atoms with van der Waals surface area (Å²) in [5.74, 6) is 0.923. The second-order valence-corrected chi connectivity index (χ2v) is 5.85. The number of nitrogens with one attached hydrogen (secondary N) is 2. The van der Waals surface area contributed by atoms with Crippen LogP contribution in [-0.2, 0) is 0 Å². The van der Waals surface area contributed by atoms with Crippen molar-refractivity contribution >= 4 is 28.1 Å². The van der Waals surface area contributed by atoms with Gasteiger partial charge in [0.05, 0.1) is 32.3 Å². The van der Waals surface area contributed by atoms with Crippen molar-refractivity contribution in [2.75, 3.05) is 14.2 Å². The largest absolute Gasteiger partial charge is 0.493 e. The summed E-state index contributed by atoms with van der Waals surface area (Å²) in [4.78, 5) is 11.9. The van der Waals surface area contributed by atoms with Gasteiger partial charge in [-0.2, -0.15) is 10.2 Å². The van der Waals surface area contributed by atoms with Crippen LogP contribution in [0.4, 0.5) is 0 Å². The Kier molecular flexibility index (Phi) is 5.37. The van der Waals surface area contributed by atoms with Gasteiger partial charge in [0, 0.05) is 11.1 Å². The average molecular weight is 419 g/mol. The molecule has 0 saturated carbocycles. The number of H-pyrrole nitrogens is 1.